The van der Waals surface area contributed by atoms with Crippen LogP contribution in [0.2, 0.25) is 0 Å². The van der Waals surface area contributed by atoms with E-state index in [0.717, 1.165) is 35.7 Å². The Morgan fingerprint density at radius 1 is 1.21 bits per heavy atom. The molecule has 0 amide bonds. The van der Waals surface area contributed by atoms with Crippen molar-refractivity contribution in [2.45, 2.75) is 39.5 Å². The molecule has 0 unspecified atom stereocenters. The van der Waals surface area contributed by atoms with Gasteiger partial charge in [-0.1, -0.05) is 45.0 Å². The molecule has 0 aliphatic heterocycles. The summed E-state index contributed by atoms with van der Waals surface area (Å²) in [5, 5.41) is 0. The predicted octanol–water partition coefficient (Wildman–Crippen LogP) is 3.75. The Morgan fingerprint density at radius 3 is 2.37 bits per heavy atom. The minimum Gasteiger partial charge on any atom is -0.383 e. The average Bonchev–Trinajstić information content (AvgIpc) is 2.68. The van der Waals surface area contributed by atoms with Gasteiger partial charge < -0.3 is 10.3 Å². The number of benzene rings is 1. The lowest BCUT2D eigenvalue weighted by Crippen LogP contribution is -2.01. The van der Waals surface area contributed by atoms with Crippen LogP contribution in [0.4, 0.5) is 5.82 Å². The number of hydrogen-bond acceptors (Lipinski definition) is 2. The van der Waals surface area contributed by atoms with Crippen LogP contribution in [0, 0.1) is 0 Å². The summed E-state index contributed by atoms with van der Waals surface area (Å²) in [6.45, 7) is 6.55. The third-order valence-corrected chi connectivity index (χ3v) is 3.56. The van der Waals surface area contributed by atoms with Gasteiger partial charge in [-0.25, -0.2) is 4.98 Å². The number of nitrogens with zero attached hydrogens (tertiary/aromatic N) is 2. The quantitative estimate of drug-likeness (QED) is 0.906. The molecular formula is C16H23N3. The molecule has 0 radical (unpaired) electrons. The van der Waals surface area contributed by atoms with E-state index in [9.17, 15) is 0 Å². The van der Waals surface area contributed by atoms with Gasteiger partial charge in [0.05, 0.1) is 0 Å². The Hall–Kier alpha value is -1.77. The fraction of sp³-hybridized carbons (Fsp3) is 0.438. The van der Waals surface area contributed by atoms with Crippen LogP contribution in [-0.2, 0) is 13.5 Å². The monoisotopic (exact) mass is 257 g/mol. The molecule has 0 spiro atoms. The highest BCUT2D eigenvalue weighted by atomic mass is 15.1. The standard InChI is InChI=1S/C16H23N3/c1-5-6-14-18-15(16(17)19(14)4)13-9-7-12(8-10-13)11(2)3/h7-11H,5-6,17H2,1-4H3. The van der Waals surface area contributed by atoms with Crippen molar-refractivity contribution >= 4 is 5.82 Å². The Kier molecular flexibility index (Phi) is 3.93. The molecule has 19 heavy (non-hydrogen) atoms. The summed E-state index contributed by atoms with van der Waals surface area (Å²) in [6.07, 6.45) is 2.04. The van der Waals surface area contributed by atoms with Crippen LogP contribution in [0.15, 0.2) is 24.3 Å². The highest BCUT2D eigenvalue weighted by Crippen LogP contribution is 2.27. The summed E-state index contributed by atoms with van der Waals surface area (Å²) >= 11 is 0. The zero-order valence-electron chi connectivity index (χ0n) is 12.3. The van der Waals surface area contributed by atoms with Gasteiger partial charge in [0.25, 0.3) is 0 Å². The van der Waals surface area contributed by atoms with Crippen molar-refractivity contribution in [3.8, 4) is 11.3 Å². The van der Waals surface area contributed by atoms with Crippen LogP contribution in [-0.4, -0.2) is 9.55 Å². The average molecular weight is 257 g/mol. The smallest absolute Gasteiger partial charge is 0.131 e. The topological polar surface area (TPSA) is 43.8 Å². The van der Waals surface area contributed by atoms with Crippen molar-refractivity contribution < 1.29 is 0 Å². The Labute approximate surface area is 115 Å². The summed E-state index contributed by atoms with van der Waals surface area (Å²) in [6, 6.07) is 8.55. The molecule has 0 aliphatic carbocycles. The highest BCUT2D eigenvalue weighted by Gasteiger charge is 2.13. The number of rotatable bonds is 4. The van der Waals surface area contributed by atoms with Crippen molar-refractivity contribution in [3.05, 3.63) is 35.7 Å². The van der Waals surface area contributed by atoms with E-state index in [-0.39, 0.29) is 0 Å². The minimum absolute atomic E-state index is 0.547. The number of aryl methyl sites for hydroxylation is 1. The van der Waals surface area contributed by atoms with E-state index in [2.05, 4.69) is 50.0 Å². The number of nitrogen functional groups attached to an aromatic ring is 1. The predicted molar refractivity (Wildman–Crippen MR) is 81.1 cm³/mol. The summed E-state index contributed by atoms with van der Waals surface area (Å²) in [5.74, 6) is 2.36. The van der Waals surface area contributed by atoms with Crippen LogP contribution in [0.25, 0.3) is 11.3 Å². The van der Waals surface area contributed by atoms with Crippen LogP contribution in [0.5, 0.6) is 0 Å². The SMILES string of the molecule is CCCc1nc(-c2ccc(C(C)C)cc2)c(N)n1C. The van der Waals surface area contributed by atoms with Gasteiger partial charge in [0.15, 0.2) is 0 Å². The lowest BCUT2D eigenvalue weighted by molar-refractivity contribution is 0.764. The molecule has 1 aromatic carbocycles. The maximum atomic E-state index is 6.16. The van der Waals surface area contributed by atoms with Gasteiger partial charge in [-0.05, 0) is 17.9 Å². The fourth-order valence-electron chi connectivity index (χ4n) is 2.24. The second-order valence-electron chi connectivity index (χ2n) is 5.35. The first kappa shape index (κ1) is 13.7. The van der Waals surface area contributed by atoms with Crippen LogP contribution < -0.4 is 5.73 Å². The van der Waals surface area contributed by atoms with Crippen molar-refractivity contribution in [2.24, 2.45) is 7.05 Å². The van der Waals surface area contributed by atoms with E-state index in [1.54, 1.807) is 0 Å². The van der Waals surface area contributed by atoms with E-state index in [1.165, 1.54) is 5.56 Å². The van der Waals surface area contributed by atoms with Gasteiger partial charge in [-0.15, -0.1) is 0 Å². The maximum absolute atomic E-state index is 6.16. The van der Waals surface area contributed by atoms with E-state index in [1.807, 2.05) is 11.6 Å². The van der Waals surface area contributed by atoms with E-state index in [4.69, 9.17) is 5.73 Å². The molecule has 2 rings (SSSR count). The lowest BCUT2D eigenvalue weighted by Gasteiger charge is -2.06. The lowest BCUT2D eigenvalue weighted by atomic mass is 10.0. The molecule has 3 nitrogen and oxygen atoms in total. The molecule has 3 heteroatoms. The van der Waals surface area contributed by atoms with Crippen LogP contribution >= 0.6 is 0 Å². The van der Waals surface area contributed by atoms with Gasteiger partial charge in [-0.2, -0.15) is 0 Å². The molecule has 0 saturated heterocycles. The van der Waals surface area contributed by atoms with Crippen LogP contribution in [0.3, 0.4) is 0 Å². The molecule has 0 fully saturated rings. The molecule has 1 heterocycles. The second-order valence-corrected chi connectivity index (χ2v) is 5.35. The number of aromatic nitrogens is 2. The van der Waals surface area contributed by atoms with Crippen molar-refractivity contribution in [1.29, 1.82) is 0 Å². The van der Waals surface area contributed by atoms with Crippen LogP contribution in [0.1, 0.15) is 44.5 Å². The molecule has 0 aliphatic rings. The van der Waals surface area contributed by atoms with Gasteiger partial charge in [-0.3, -0.25) is 0 Å². The molecule has 0 bridgehead atoms. The largest absolute Gasteiger partial charge is 0.383 e. The van der Waals surface area contributed by atoms with Crippen molar-refractivity contribution in [1.82, 2.24) is 9.55 Å². The Balaban J connectivity index is 2.38. The molecular weight excluding hydrogens is 234 g/mol. The normalized spacial score (nSPS) is 11.2. The number of imidazole rings is 1. The second kappa shape index (κ2) is 5.47. The third-order valence-electron chi connectivity index (χ3n) is 3.56. The zero-order chi connectivity index (χ0) is 14.0. The first-order valence-electron chi connectivity index (χ1n) is 6.96. The number of hydrogen-bond donors (Lipinski definition) is 1. The molecule has 2 aromatic rings. The maximum Gasteiger partial charge on any atom is 0.131 e. The summed E-state index contributed by atoms with van der Waals surface area (Å²) < 4.78 is 2.00. The van der Waals surface area contributed by atoms with E-state index < -0.39 is 0 Å². The fourth-order valence-corrected chi connectivity index (χ4v) is 2.24. The molecule has 102 valence electrons. The van der Waals surface area contributed by atoms with Gasteiger partial charge in [0.1, 0.15) is 17.3 Å². The Morgan fingerprint density at radius 2 is 1.84 bits per heavy atom. The first-order chi connectivity index (χ1) is 9.04. The van der Waals surface area contributed by atoms with Gasteiger partial charge in [0.2, 0.25) is 0 Å². The van der Waals surface area contributed by atoms with Crippen molar-refractivity contribution in [3.63, 3.8) is 0 Å². The number of nitrogens with two attached hydrogens (primary N) is 1. The van der Waals surface area contributed by atoms with E-state index in [0.29, 0.717) is 5.92 Å². The summed E-state index contributed by atoms with van der Waals surface area (Å²) in [4.78, 5) is 4.68. The summed E-state index contributed by atoms with van der Waals surface area (Å²) in [7, 11) is 1.99. The van der Waals surface area contributed by atoms with Gasteiger partial charge in [0, 0.05) is 19.0 Å². The Bertz CT molecular complexity index is 550. The summed E-state index contributed by atoms with van der Waals surface area (Å²) in [5.41, 5.74) is 9.50. The first-order valence-corrected chi connectivity index (χ1v) is 6.96. The molecule has 0 atom stereocenters. The molecule has 0 saturated carbocycles. The van der Waals surface area contributed by atoms with Gasteiger partial charge >= 0.3 is 0 Å². The highest BCUT2D eigenvalue weighted by molar-refractivity contribution is 5.71. The van der Waals surface area contributed by atoms with E-state index >= 15 is 0 Å². The minimum atomic E-state index is 0.547. The molecule has 2 N–H and O–H groups in total. The number of anilines is 1. The zero-order valence-corrected chi connectivity index (χ0v) is 12.3. The van der Waals surface area contributed by atoms with Crippen molar-refractivity contribution in [2.75, 3.05) is 5.73 Å². The molecule has 1 aromatic heterocycles. The third kappa shape index (κ3) is 2.65.